The summed E-state index contributed by atoms with van der Waals surface area (Å²) < 4.78 is 0. The molecule has 1 saturated heterocycles. The van der Waals surface area contributed by atoms with Gasteiger partial charge >= 0.3 is 0 Å². The number of fused-ring (bicyclic) bond motifs is 1. The van der Waals surface area contributed by atoms with Crippen molar-refractivity contribution in [1.29, 1.82) is 0 Å². The molecule has 1 saturated carbocycles. The van der Waals surface area contributed by atoms with Gasteiger partial charge in [0.25, 0.3) is 0 Å². The van der Waals surface area contributed by atoms with Gasteiger partial charge in [-0.25, -0.2) is 0 Å². The van der Waals surface area contributed by atoms with E-state index in [9.17, 15) is 0 Å². The maximum absolute atomic E-state index is 2.32. The van der Waals surface area contributed by atoms with Crippen LogP contribution in [0.3, 0.4) is 0 Å². The molecule has 70 valence electrons. The van der Waals surface area contributed by atoms with Crippen molar-refractivity contribution in [2.45, 2.75) is 62.4 Å². The molecule has 3 atom stereocenters. The first-order valence-electron chi connectivity index (χ1n) is 5.55. The van der Waals surface area contributed by atoms with Gasteiger partial charge in [0.1, 0.15) is 0 Å². The lowest BCUT2D eigenvalue weighted by molar-refractivity contribution is 0.365. The van der Waals surface area contributed by atoms with Crippen LogP contribution in [0, 0.1) is 5.92 Å². The van der Waals surface area contributed by atoms with Gasteiger partial charge in [-0.05, 0) is 31.6 Å². The Morgan fingerprint density at radius 2 is 2.08 bits per heavy atom. The van der Waals surface area contributed by atoms with Crippen LogP contribution < -0.4 is 0 Å². The average molecular weight is 184 g/mol. The summed E-state index contributed by atoms with van der Waals surface area (Å²) in [6.45, 7) is 2.32. The number of rotatable bonds is 2. The minimum Gasteiger partial charge on any atom is -0.155 e. The van der Waals surface area contributed by atoms with E-state index >= 15 is 0 Å². The minimum absolute atomic E-state index is 1.03. The highest BCUT2D eigenvalue weighted by atomic mass is 32.2. The highest BCUT2D eigenvalue weighted by Gasteiger charge is 2.35. The van der Waals surface area contributed by atoms with Gasteiger partial charge in [-0.3, -0.25) is 0 Å². The minimum atomic E-state index is 1.03. The molecule has 1 heterocycles. The van der Waals surface area contributed by atoms with E-state index in [4.69, 9.17) is 0 Å². The Morgan fingerprint density at radius 3 is 2.83 bits per heavy atom. The summed E-state index contributed by atoms with van der Waals surface area (Å²) in [5.41, 5.74) is 0. The zero-order valence-electron chi connectivity index (χ0n) is 8.09. The highest BCUT2D eigenvalue weighted by Crippen LogP contribution is 2.47. The summed E-state index contributed by atoms with van der Waals surface area (Å²) in [6, 6.07) is 0. The monoisotopic (exact) mass is 184 g/mol. The van der Waals surface area contributed by atoms with Gasteiger partial charge in [0.05, 0.1) is 0 Å². The van der Waals surface area contributed by atoms with Crippen LogP contribution in [0.4, 0.5) is 0 Å². The van der Waals surface area contributed by atoms with Crippen molar-refractivity contribution in [3.63, 3.8) is 0 Å². The van der Waals surface area contributed by atoms with Gasteiger partial charge in [0, 0.05) is 10.5 Å². The van der Waals surface area contributed by atoms with Crippen LogP contribution >= 0.6 is 11.8 Å². The maximum Gasteiger partial charge on any atom is 0.00785 e. The molecular formula is C11H20S. The molecule has 0 nitrogen and oxygen atoms in total. The summed E-state index contributed by atoms with van der Waals surface area (Å²) in [4.78, 5) is 0. The highest BCUT2D eigenvalue weighted by molar-refractivity contribution is 8.00. The fourth-order valence-electron chi connectivity index (χ4n) is 2.77. The van der Waals surface area contributed by atoms with E-state index in [-0.39, 0.29) is 0 Å². The quantitative estimate of drug-likeness (QED) is 0.628. The lowest BCUT2D eigenvalue weighted by atomic mass is 9.85. The number of hydrogen-bond donors (Lipinski definition) is 0. The van der Waals surface area contributed by atoms with Crippen molar-refractivity contribution in [2.24, 2.45) is 5.92 Å². The zero-order chi connectivity index (χ0) is 8.39. The Labute approximate surface area is 80.5 Å². The third-order valence-corrected chi connectivity index (χ3v) is 5.17. The summed E-state index contributed by atoms with van der Waals surface area (Å²) >= 11 is 2.32. The predicted molar refractivity (Wildman–Crippen MR) is 56.7 cm³/mol. The molecule has 0 spiro atoms. The van der Waals surface area contributed by atoms with Crippen molar-refractivity contribution in [2.75, 3.05) is 0 Å². The molecule has 1 aliphatic heterocycles. The SMILES string of the molecule is CCCC1CC2CCCCC2S1. The summed E-state index contributed by atoms with van der Waals surface area (Å²) in [5, 5.41) is 2.10. The lowest BCUT2D eigenvalue weighted by Gasteiger charge is -2.23. The average Bonchev–Trinajstić information content (AvgIpc) is 2.47. The predicted octanol–water partition coefficient (Wildman–Crippen LogP) is 3.85. The van der Waals surface area contributed by atoms with Crippen LogP contribution in [0.25, 0.3) is 0 Å². The summed E-state index contributed by atoms with van der Waals surface area (Å²) in [6.07, 6.45) is 10.5. The third kappa shape index (κ3) is 1.81. The molecule has 0 aromatic carbocycles. The number of thioether (sulfide) groups is 1. The molecule has 12 heavy (non-hydrogen) atoms. The van der Waals surface area contributed by atoms with Crippen LogP contribution in [0.5, 0.6) is 0 Å². The summed E-state index contributed by atoms with van der Waals surface area (Å²) in [5.74, 6) is 1.11. The normalized spacial score (nSPS) is 41.2. The van der Waals surface area contributed by atoms with E-state index in [1.54, 1.807) is 6.42 Å². The van der Waals surface area contributed by atoms with Crippen LogP contribution in [-0.2, 0) is 0 Å². The standard InChI is InChI=1S/C11H20S/c1-2-5-10-8-9-6-3-4-7-11(9)12-10/h9-11H,2-8H2,1H3. The van der Waals surface area contributed by atoms with Gasteiger partial charge in [-0.15, -0.1) is 0 Å². The smallest absolute Gasteiger partial charge is 0.00785 e. The van der Waals surface area contributed by atoms with Crippen molar-refractivity contribution in [3.8, 4) is 0 Å². The van der Waals surface area contributed by atoms with Crippen molar-refractivity contribution in [1.82, 2.24) is 0 Å². The molecule has 2 aliphatic rings. The molecule has 0 N–H and O–H groups in total. The van der Waals surface area contributed by atoms with Gasteiger partial charge < -0.3 is 0 Å². The van der Waals surface area contributed by atoms with E-state index in [0.29, 0.717) is 0 Å². The van der Waals surface area contributed by atoms with E-state index in [2.05, 4.69) is 18.7 Å². The fraction of sp³-hybridized carbons (Fsp3) is 1.00. The Kier molecular flexibility index (Phi) is 3.00. The molecule has 0 bridgehead atoms. The molecule has 0 aromatic rings. The molecule has 0 aromatic heterocycles. The fourth-order valence-corrected chi connectivity index (χ4v) is 4.77. The second-order valence-electron chi connectivity index (χ2n) is 4.37. The molecule has 0 radical (unpaired) electrons. The lowest BCUT2D eigenvalue weighted by Crippen LogP contribution is -2.16. The van der Waals surface area contributed by atoms with E-state index < -0.39 is 0 Å². The van der Waals surface area contributed by atoms with Crippen LogP contribution in [0.15, 0.2) is 0 Å². The first kappa shape index (κ1) is 8.93. The van der Waals surface area contributed by atoms with Gasteiger partial charge in [-0.2, -0.15) is 11.8 Å². The molecular weight excluding hydrogens is 164 g/mol. The maximum atomic E-state index is 2.32. The second kappa shape index (κ2) is 4.04. The van der Waals surface area contributed by atoms with E-state index in [1.165, 1.54) is 38.5 Å². The first-order valence-corrected chi connectivity index (χ1v) is 6.50. The Morgan fingerprint density at radius 1 is 1.25 bits per heavy atom. The Bertz CT molecular complexity index is 130. The van der Waals surface area contributed by atoms with Crippen LogP contribution in [0.2, 0.25) is 0 Å². The zero-order valence-corrected chi connectivity index (χ0v) is 8.91. The molecule has 2 fully saturated rings. The molecule has 3 unspecified atom stereocenters. The van der Waals surface area contributed by atoms with Gasteiger partial charge in [0.2, 0.25) is 0 Å². The van der Waals surface area contributed by atoms with Crippen molar-refractivity contribution < 1.29 is 0 Å². The third-order valence-electron chi connectivity index (χ3n) is 3.38. The van der Waals surface area contributed by atoms with Crippen molar-refractivity contribution >= 4 is 11.8 Å². The Balaban J connectivity index is 1.85. The largest absolute Gasteiger partial charge is 0.155 e. The molecule has 0 amide bonds. The topological polar surface area (TPSA) is 0 Å². The second-order valence-corrected chi connectivity index (χ2v) is 5.91. The molecule has 1 aliphatic carbocycles. The van der Waals surface area contributed by atoms with Gasteiger partial charge in [0.15, 0.2) is 0 Å². The van der Waals surface area contributed by atoms with Gasteiger partial charge in [-0.1, -0.05) is 26.2 Å². The number of hydrogen-bond acceptors (Lipinski definition) is 1. The first-order chi connectivity index (χ1) is 5.90. The van der Waals surface area contributed by atoms with Crippen LogP contribution in [-0.4, -0.2) is 10.5 Å². The van der Waals surface area contributed by atoms with E-state index in [1.807, 2.05) is 0 Å². The summed E-state index contributed by atoms with van der Waals surface area (Å²) in [7, 11) is 0. The molecule has 1 heteroatoms. The molecule has 2 rings (SSSR count). The van der Waals surface area contributed by atoms with Crippen LogP contribution in [0.1, 0.15) is 51.9 Å². The Hall–Kier alpha value is 0.350. The van der Waals surface area contributed by atoms with Crippen molar-refractivity contribution in [3.05, 3.63) is 0 Å². The van der Waals surface area contributed by atoms with E-state index in [0.717, 1.165) is 16.4 Å².